The van der Waals surface area contributed by atoms with Gasteiger partial charge in [0.25, 0.3) is 0 Å². The number of H-pyrrole nitrogens is 1. The summed E-state index contributed by atoms with van der Waals surface area (Å²) in [4.78, 5) is 8.00. The second kappa shape index (κ2) is 6.83. The van der Waals surface area contributed by atoms with Crippen molar-refractivity contribution in [2.24, 2.45) is 0 Å². The molecule has 1 aromatic heterocycles. The number of unbranched alkanes of at least 4 members (excludes halogenated alkanes) is 3. The Balaban J connectivity index is 2.54. The quantitative estimate of drug-likeness (QED) is 0.656. The molecule has 0 saturated carbocycles. The molecule has 2 heteroatoms. The Hall–Kier alpha value is -0.790. The van der Waals surface area contributed by atoms with Gasteiger partial charge in [-0.15, -0.1) is 0 Å². The number of hydrogen-bond donors (Lipinski definition) is 1. The first-order chi connectivity index (χ1) is 8.10. The predicted octanol–water partition coefficient (Wildman–Crippen LogP) is 4.61. The molecule has 0 aliphatic rings. The van der Waals surface area contributed by atoms with E-state index in [0.29, 0.717) is 0 Å². The molecule has 0 aromatic carbocycles. The molecule has 1 heterocycles. The molecular weight excluding hydrogens is 208 g/mol. The largest absolute Gasteiger partial charge is 0.345 e. The van der Waals surface area contributed by atoms with Crippen LogP contribution >= 0.6 is 0 Å². The molecule has 1 N–H and O–H groups in total. The maximum atomic E-state index is 4.49. The van der Waals surface area contributed by atoms with Crippen LogP contribution in [0.1, 0.15) is 77.7 Å². The highest BCUT2D eigenvalue weighted by atomic mass is 14.9. The van der Waals surface area contributed by atoms with E-state index in [1.54, 1.807) is 0 Å². The van der Waals surface area contributed by atoms with Crippen LogP contribution in [0, 0.1) is 0 Å². The monoisotopic (exact) mass is 236 g/mol. The van der Waals surface area contributed by atoms with E-state index >= 15 is 0 Å². The summed E-state index contributed by atoms with van der Waals surface area (Å²) in [5.74, 6) is 1.16. The highest BCUT2D eigenvalue weighted by Crippen LogP contribution is 2.28. The molecule has 2 nitrogen and oxygen atoms in total. The number of imidazole rings is 1. The van der Waals surface area contributed by atoms with Crippen LogP contribution in [0.2, 0.25) is 0 Å². The summed E-state index contributed by atoms with van der Waals surface area (Å²) in [5.41, 5.74) is 1.55. The number of hydrogen-bond acceptors (Lipinski definition) is 1. The maximum Gasteiger partial charge on any atom is 0.106 e. The van der Waals surface area contributed by atoms with Crippen LogP contribution in [-0.2, 0) is 11.8 Å². The summed E-state index contributed by atoms with van der Waals surface area (Å²) in [6.45, 7) is 9.12. The Morgan fingerprint density at radius 3 is 2.47 bits per heavy atom. The maximum absolute atomic E-state index is 4.49. The Labute approximate surface area is 106 Å². The van der Waals surface area contributed by atoms with Gasteiger partial charge < -0.3 is 4.98 Å². The number of aromatic nitrogens is 2. The lowest BCUT2D eigenvalue weighted by Crippen LogP contribution is -2.17. The van der Waals surface area contributed by atoms with Gasteiger partial charge in [-0.1, -0.05) is 53.4 Å². The molecule has 0 aliphatic heterocycles. The molecule has 98 valence electrons. The first-order valence-corrected chi connectivity index (χ1v) is 7.14. The van der Waals surface area contributed by atoms with Gasteiger partial charge in [0, 0.05) is 23.7 Å². The molecule has 0 spiro atoms. The van der Waals surface area contributed by atoms with Crippen LogP contribution in [0.25, 0.3) is 0 Å². The fraction of sp³-hybridized carbons (Fsp3) is 0.800. The molecule has 0 atom stereocenters. The summed E-state index contributed by atoms with van der Waals surface area (Å²) < 4.78 is 0. The van der Waals surface area contributed by atoms with E-state index < -0.39 is 0 Å². The normalized spacial score (nSPS) is 12.0. The van der Waals surface area contributed by atoms with Gasteiger partial charge in [0.15, 0.2) is 0 Å². The van der Waals surface area contributed by atoms with Gasteiger partial charge in [-0.2, -0.15) is 0 Å². The summed E-state index contributed by atoms with van der Waals surface area (Å²) in [6, 6.07) is 0. The third kappa shape index (κ3) is 4.53. The van der Waals surface area contributed by atoms with Gasteiger partial charge in [-0.3, -0.25) is 0 Å². The molecule has 0 radical (unpaired) electrons. The van der Waals surface area contributed by atoms with Crippen molar-refractivity contribution in [2.75, 3.05) is 0 Å². The zero-order valence-electron chi connectivity index (χ0n) is 12.0. The van der Waals surface area contributed by atoms with E-state index in [1.807, 2.05) is 6.20 Å². The zero-order valence-corrected chi connectivity index (χ0v) is 12.0. The van der Waals surface area contributed by atoms with Crippen molar-refractivity contribution >= 4 is 0 Å². The fourth-order valence-corrected chi connectivity index (χ4v) is 2.13. The lowest BCUT2D eigenvalue weighted by Gasteiger charge is -2.22. The van der Waals surface area contributed by atoms with E-state index in [9.17, 15) is 0 Å². The minimum absolute atomic E-state index is 0.243. The lowest BCUT2D eigenvalue weighted by atomic mass is 9.84. The van der Waals surface area contributed by atoms with Crippen LogP contribution in [-0.4, -0.2) is 9.97 Å². The van der Waals surface area contributed by atoms with Crippen LogP contribution in [0.3, 0.4) is 0 Å². The minimum atomic E-state index is 0.243. The zero-order chi connectivity index (χ0) is 12.7. The SMILES string of the molecule is CCCCCC(C)(C)c1cnc(CCCC)[nH]1. The van der Waals surface area contributed by atoms with Gasteiger partial charge >= 0.3 is 0 Å². The van der Waals surface area contributed by atoms with E-state index in [-0.39, 0.29) is 5.41 Å². The molecule has 0 aliphatic carbocycles. The molecule has 1 aromatic rings. The molecule has 17 heavy (non-hydrogen) atoms. The van der Waals surface area contributed by atoms with Crippen LogP contribution < -0.4 is 0 Å². The first kappa shape index (κ1) is 14.3. The Morgan fingerprint density at radius 2 is 1.82 bits per heavy atom. The fourth-order valence-electron chi connectivity index (χ4n) is 2.13. The molecule has 1 rings (SSSR count). The van der Waals surface area contributed by atoms with E-state index in [1.165, 1.54) is 44.2 Å². The third-order valence-corrected chi connectivity index (χ3v) is 3.53. The van der Waals surface area contributed by atoms with Gasteiger partial charge in [-0.25, -0.2) is 4.98 Å². The predicted molar refractivity (Wildman–Crippen MR) is 74.4 cm³/mol. The molecule has 0 bridgehead atoms. The Morgan fingerprint density at radius 1 is 1.12 bits per heavy atom. The van der Waals surface area contributed by atoms with Gasteiger partial charge in [-0.05, 0) is 12.8 Å². The molecule has 0 unspecified atom stereocenters. The number of aromatic amines is 1. The number of aryl methyl sites for hydroxylation is 1. The summed E-state index contributed by atoms with van der Waals surface area (Å²) in [5, 5.41) is 0. The van der Waals surface area contributed by atoms with Crippen LogP contribution in [0.15, 0.2) is 6.20 Å². The summed E-state index contributed by atoms with van der Waals surface area (Å²) in [6.07, 6.45) is 10.8. The number of nitrogens with one attached hydrogen (secondary N) is 1. The second-order valence-electron chi connectivity index (χ2n) is 5.69. The summed E-state index contributed by atoms with van der Waals surface area (Å²) in [7, 11) is 0. The first-order valence-electron chi connectivity index (χ1n) is 7.14. The van der Waals surface area contributed by atoms with E-state index in [0.717, 1.165) is 12.2 Å². The average molecular weight is 236 g/mol. The number of rotatable bonds is 8. The van der Waals surface area contributed by atoms with Crippen molar-refractivity contribution in [1.29, 1.82) is 0 Å². The van der Waals surface area contributed by atoms with Crippen molar-refractivity contribution < 1.29 is 0 Å². The van der Waals surface area contributed by atoms with Crippen molar-refractivity contribution in [3.63, 3.8) is 0 Å². The molecular formula is C15H28N2. The van der Waals surface area contributed by atoms with Crippen molar-refractivity contribution in [3.8, 4) is 0 Å². The molecule has 0 amide bonds. The van der Waals surface area contributed by atoms with Crippen LogP contribution in [0.5, 0.6) is 0 Å². The van der Waals surface area contributed by atoms with Crippen molar-refractivity contribution in [1.82, 2.24) is 9.97 Å². The van der Waals surface area contributed by atoms with Gasteiger partial charge in [0.05, 0.1) is 0 Å². The molecule has 0 fully saturated rings. The average Bonchev–Trinajstić information content (AvgIpc) is 2.76. The smallest absolute Gasteiger partial charge is 0.106 e. The Bertz CT molecular complexity index is 312. The topological polar surface area (TPSA) is 28.7 Å². The van der Waals surface area contributed by atoms with E-state index in [4.69, 9.17) is 0 Å². The highest BCUT2D eigenvalue weighted by molar-refractivity contribution is 5.12. The third-order valence-electron chi connectivity index (χ3n) is 3.53. The Kier molecular flexibility index (Phi) is 5.73. The number of nitrogens with zero attached hydrogens (tertiary/aromatic N) is 1. The minimum Gasteiger partial charge on any atom is -0.345 e. The van der Waals surface area contributed by atoms with Gasteiger partial charge in [0.2, 0.25) is 0 Å². The van der Waals surface area contributed by atoms with Crippen LogP contribution in [0.4, 0.5) is 0 Å². The molecule has 0 saturated heterocycles. The standard InChI is InChI=1S/C15H28N2/c1-5-7-9-11-15(3,4)13-12-16-14(17-13)10-8-6-2/h12H,5-11H2,1-4H3,(H,16,17). The second-order valence-corrected chi connectivity index (χ2v) is 5.69. The van der Waals surface area contributed by atoms with Gasteiger partial charge in [0.1, 0.15) is 5.82 Å². The highest BCUT2D eigenvalue weighted by Gasteiger charge is 2.22. The summed E-state index contributed by atoms with van der Waals surface area (Å²) >= 11 is 0. The lowest BCUT2D eigenvalue weighted by molar-refractivity contribution is 0.439. The van der Waals surface area contributed by atoms with Crippen molar-refractivity contribution in [3.05, 3.63) is 17.7 Å². The van der Waals surface area contributed by atoms with E-state index in [2.05, 4.69) is 37.7 Å². The van der Waals surface area contributed by atoms with Crippen molar-refractivity contribution in [2.45, 2.75) is 78.1 Å².